The fraction of sp³-hybridized carbons (Fsp3) is 0.364. The van der Waals surface area contributed by atoms with Gasteiger partial charge in [-0.15, -0.1) is 0 Å². The Morgan fingerprint density at radius 2 is 1.73 bits per heavy atom. The highest BCUT2D eigenvalue weighted by Gasteiger charge is 2.21. The van der Waals surface area contributed by atoms with Crippen LogP contribution in [0.15, 0.2) is 48.5 Å². The van der Waals surface area contributed by atoms with Crippen LogP contribution < -0.4 is 5.32 Å². The molecule has 0 unspecified atom stereocenters. The summed E-state index contributed by atoms with van der Waals surface area (Å²) < 4.78 is 5.27. The van der Waals surface area contributed by atoms with Crippen molar-refractivity contribution in [1.82, 2.24) is 0 Å². The van der Waals surface area contributed by atoms with E-state index >= 15 is 0 Å². The van der Waals surface area contributed by atoms with E-state index in [0.29, 0.717) is 6.42 Å². The van der Waals surface area contributed by atoms with Crippen LogP contribution in [0.3, 0.4) is 0 Å². The van der Waals surface area contributed by atoms with E-state index in [2.05, 4.69) is 19.2 Å². The Labute approximate surface area is 155 Å². The molecule has 0 aliphatic heterocycles. The van der Waals surface area contributed by atoms with Crippen molar-refractivity contribution in [1.29, 1.82) is 0 Å². The van der Waals surface area contributed by atoms with Crippen molar-refractivity contribution in [3.05, 3.63) is 65.2 Å². The quantitative estimate of drug-likeness (QED) is 0.728. The molecule has 0 aliphatic carbocycles. The maximum Gasteiger partial charge on any atom is 0.313 e. The third-order valence-corrected chi connectivity index (χ3v) is 4.43. The lowest BCUT2D eigenvalue weighted by Crippen LogP contribution is -2.24. The van der Waals surface area contributed by atoms with Crippen LogP contribution in [0, 0.1) is 6.92 Å². The lowest BCUT2D eigenvalue weighted by Gasteiger charge is -2.17. The number of hydrogen-bond acceptors (Lipinski definition) is 3. The molecule has 4 heteroatoms. The summed E-state index contributed by atoms with van der Waals surface area (Å²) >= 11 is 0. The highest BCUT2D eigenvalue weighted by molar-refractivity contribution is 5.94. The average Bonchev–Trinajstić information content (AvgIpc) is 2.63. The van der Waals surface area contributed by atoms with Gasteiger partial charge < -0.3 is 10.1 Å². The van der Waals surface area contributed by atoms with Gasteiger partial charge in [-0.1, -0.05) is 69.3 Å². The van der Waals surface area contributed by atoms with Gasteiger partial charge in [0.05, 0.1) is 5.92 Å². The normalized spacial score (nSPS) is 11.9. The first-order valence-electron chi connectivity index (χ1n) is 9.05. The van der Waals surface area contributed by atoms with E-state index in [0.717, 1.165) is 22.4 Å². The molecule has 2 rings (SSSR count). The third-order valence-electron chi connectivity index (χ3n) is 4.43. The molecule has 0 spiro atoms. The molecule has 0 saturated carbocycles. The number of esters is 1. The van der Waals surface area contributed by atoms with Crippen LogP contribution in [-0.4, -0.2) is 18.5 Å². The molecular formula is C22H27NO3. The molecule has 2 aromatic rings. The van der Waals surface area contributed by atoms with Gasteiger partial charge in [-0.2, -0.15) is 0 Å². The van der Waals surface area contributed by atoms with Gasteiger partial charge in [0.2, 0.25) is 0 Å². The van der Waals surface area contributed by atoms with Crippen molar-refractivity contribution in [2.45, 2.75) is 46.0 Å². The van der Waals surface area contributed by atoms with Gasteiger partial charge in [-0.05, 0) is 36.0 Å². The summed E-state index contributed by atoms with van der Waals surface area (Å²) in [5, 5.41) is 2.90. The van der Waals surface area contributed by atoms with E-state index in [1.165, 1.54) is 0 Å². The molecule has 0 fully saturated rings. The zero-order valence-corrected chi connectivity index (χ0v) is 15.9. The summed E-state index contributed by atoms with van der Waals surface area (Å²) in [6.07, 6.45) is 0.625. The fourth-order valence-corrected chi connectivity index (χ4v) is 2.98. The van der Waals surface area contributed by atoms with Crippen LogP contribution in [-0.2, 0) is 14.3 Å². The van der Waals surface area contributed by atoms with Gasteiger partial charge in [-0.3, -0.25) is 9.59 Å². The number of carbonyl (C=O) groups excluding carboxylic acids is 2. The number of para-hydroxylation sites is 1. The Morgan fingerprint density at radius 1 is 1.04 bits per heavy atom. The number of aryl methyl sites for hydroxylation is 1. The van der Waals surface area contributed by atoms with Crippen molar-refractivity contribution in [2.75, 3.05) is 11.9 Å². The smallest absolute Gasteiger partial charge is 0.313 e. The Hall–Kier alpha value is -2.62. The first kappa shape index (κ1) is 19.7. The summed E-state index contributed by atoms with van der Waals surface area (Å²) in [5.41, 5.74) is 3.77. The predicted molar refractivity (Wildman–Crippen MR) is 104 cm³/mol. The maximum absolute atomic E-state index is 12.4. The first-order valence-corrected chi connectivity index (χ1v) is 9.05. The first-order chi connectivity index (χ1) is 12.4. The number of nitrogens with one attached hydrogen (secondary N) is 1. The number of carbonyl (C=O) groups is 2. The van der Waals surface area contributed by atoms with Crippen LogP contribution in [0.5, 0.6) is 0 Å². The number of anilines is 1. The largest absolute Gasteiger partial charge is 0.455 e. The molecule has 0 radical (unpaired) electrons. The SMILES string of the molecule is CC[C@H](C(=O)OCC(=O)Nc1c(C)cccc1C(C)C)c1ccccc1. The second-order valence-corrected chi connectivity index (χ2v) is 6.72. The molecule has 1 amide bonds. The van der Waals surface area contributed by atoms with Crippen molar-refractivity contribution < 1.29 is 14.3 Å². The van der Waals surface area contributed by atoms with E-state index in [-0.39, 0.29) is 30.3 Å². The lowest BCUT2D eigenvalue weighted by molar-refractivity contribution is -0.149. The third kappa shape index (κ3) is 4.94. The zero-order chi connectivity index (χ0) is 19.1. The number of hydrogen-bond donors (Lipinski definition) is 1. The number of benzene rings is 2. The van der Waals surface area contributed by atoms with E-state index in [1.54, 1.807) is 0 Å². The summed E-state index contributed by atoms with van der Waals surface area (Å²) in [6, 6.07) is 15.4. The summed E-state index contributed by atoms with van der Waals surface area (Å²) in [5.74, 6) is -0.760. The molecular weight excluding hydrogens is 326 g/mol. The summed E-state index contributed by atoms with van der Waals surface area (Å²) in [7, 11) is 0. The Balaban J connectivity index is 2.00. The number of rotatable bonds is 7. The Morgan fingerprint density at radius 3 is 2.35 bits per heavy atom. The number of ether oxygens (including phenoxy) is 1. The molecule has 0 saturated heterocycles. The standard InChI is InChI=1S/C22H27NO3/c1-5-18(17-11-7-6-8-12-17)22(25)26-14-20(24)23-21-16(4)10-9-13-19(21)15(2)3/h6-13,15,18H,5,14H2,1-4H3,(H,23,24)/t18-/m0/s1. The Kier molecular flexibility index (Phi) is 6.96. The topological polar surface area (TPSA) is 55.4 Å². The fourth-order valence-electron chi connectivity index (χ4n) is 2.98. The van der Waals surface area contributed by atoms with Crippen LogP contribution in [0.1, 0.15) is 55.7 Å². The molecule has 1 atom stereocenters. The average molecular weight is 353 g/mol. The molecule has 0 bridgehead atoms. The molecule has 2 aromatic carbocycles. The van der Waals surface area contributed by atoms with Gasteiger partial charge in [0, 0.05) is 5.69 Å². The van der Waals surface area contributed by atoms with E-state index in [1.807, 2.05) is 62.4 Å². The van der Waals surface area contributed by atoms with Crippen molar-refractivity contribution in [3.63, 3.8) is 0 Å². The second kappa shape index (κ2) is 9.18. The van der Waals surface area contributed by atoms with Crippen LogP contribution in [0.25, 0.3) is 0 Å². The van der Waals surface area contributed by atoms with Gasteiger partial charge in [-0.25, -0.2) is 0 Å². The second-order valence-electron chi connectivity index (χ2n) is 6.72. The molecule has 0 heterocycles. The molecule has 0 aromatic heterocycles. The van der Waals surface area contributed by atoms with Gasteiger partial charge >= 0.3 is 5.97 Å². The van der Waals surface area contributed by atoms with E-state index in [9.17, 15) is 9.59 Å². The zero-order valence-electron chi connectivity index (χ0n) is 15.9. The van der Waals surface area contributed by atoms with Gasteiger partial charge in [0.1, 0.15) is 0 Å². The summed E-state index contributed by atoms with van der Waals surface area (Å²) in [4.78, 5) is 24.7. The van der Waals surface area contributed by atoms with E-state index in [4.69, 9.17) is 4.74 Å². The van der Waals surface area contributed by atoms with Crippen LogP contribution in [0.4, 0.5) is 5.69 Å². The van der Waals surface area contributed by atoms with Crippen molar-refractivity contribution >= 4 is 17.6 Å². The highest BCUT2D eigenvalue weighted by Crippen LogP contribution is 2.27. The monoisotopic (exact) mass is 353 g/mol. The predicted octanol–water partition coefficient (Wildman–Crippen LogP) is 4.79. The van der Waals surface area contributed by atoms with Crippen molar-refractivity contribution in [3.8, 4) is 0 Å². The van der Waals surface area contributed by atoms with Crippen LogP contribution in [0.2, 0.25) is 0 Å². The van der Waals surface area contributed by atoms with Gasteiger partial charge in [0.15, 0.2) is 6.61 Å². The minimum absolute atomic E-state index is 0.284. The molecule has 138 valence electrons. The minimum atomic E-state index is -0.372. The van der Waals surface area contributed by atoms with E-state index < -0.39 is 0 Å². The Bertz CT molecular complexity index is 753. The lowest BCUT2D eigenvalue weighted by atomic mass is 9.97. The highest BCUT2D eigenvalue weighted by atomic mass is 16.5. The minimum Gasteiger partial charge on any atom is -0.455 e. The molecule has 0 aliphatic rings. The summed E-state index contributed by atoms with van der Waals surface area (Å²) in [6.45, 7) is 7.76. The maximum atomic E-state index is 12.4. The molecule has 1 N–H and O–H groups in total. The molecule has 4 nitrogen and oxygen atoms in total. The van der Waals surface area contributed by atoms with Gasteiger partial charge in [0.25, 0.3) is 5.91 Å². The van der Waals surface area contributed by atoms with Crippen LogP contribution >= 0.6 is 0 Å². The van der Waals surface area contributed by atoms with Crippen molar-refractivity contribution in [2.24, 2.45) is 0 Å². The number of amides is 1. The molecule has 26 heavy (non-hydrogen) atoms.